The van der Waals surface area contributed by atoms with E-state index in [4.69, 9.17) is 0 Å². The largest absolute Gasteiger partial charge is 0.383 e. The zero-order valence-corrected chi connectivity index (χ0v) is 38.0. The van der Waals surface area contributed by atoms with Crippen molar-refractivity contribution in [3.8, 4) is 0 Å². The first kappa shape index (κ1) is 42.5. The van der Waals surface area contributed by atoms with Crippen molar-refractivity contribution in [2.24, 2.45) is 0 Å². The van der Waals surface area contributed by atoms with Crippen LogP contribution in [0.2, 0.25) is 0 Å². The van der Waals surface area contributed by atoms with Gasteiger partial charge in [-0.1, -0.05) is 180 Å². The van der Waals surface area contributed by atoms with Crippen LogP contribution in [-0.2, 0) is 0 Å². The molecule has 0 amide bonds. The van der Waals surface area contributed by atoms with Crippen LogP contribution >= 0.6 is 0 Å². The van der Waals surface area contributed by atoms with E-state index in [1.807, 2.05) is 0 Å². The normalized spacial score (nSPS) is 13.6. The lowest BCUT2D eigenvalue weighted by Crippen LogP contribution is -2.20. The maximum atomic E-state index is 4.08. The second kappa shape index (κ2) is 17.8. The molecule has 2 nitrogen and oxygen atoms in total. The van der Waals surface area contributed by atoms with Gasteiger partial charge in [0, 0.05) is 48.1 Å². The molecule has 4 atom stereocenters. The minimum Gasteiger partial charge on any atom is -0.383 e. The fourth-order valence-electron chi connectivity index (χ4n) is 9.59. The minimum absolute atomic E-state index is 0.228. The molecule has 0 spiro atoms. The van der Waals surface area contributed by atoms with Crippen LogP contribution in [0.3, 0.4) is 0 Å². The maximum absolute atomic E-state index is 4.08. The molecule has 6 rings (SSSR count). The third-order valence-electron chi connectivity index (χ3n) is 12.3. The Morgan fingerprint density at radius 3 is 0.638 bits per heavy atom. The van der Waals surface area contributed by atoms with E-state index in [0.717, 1.165) is 13.1 Å². The highest BCUT2D eigenvalue weighted by Gasteiger charge is 2.24. The van der Waals surface area contributed by atoms with Crippen molar-refractivity contribution in [3.63, 3.8) is 0 Å². The van der Waals surface area contributed by atoms with Gasteiger partial charge in [0.1, 0.15) is 0 Å². The monoisotopic (exact) mass is 769 g/mol. The van der Waals surface area contributed by atoms with Crippen molar-refractivity contribution < 1.29 is 0 Å². The Kier molecular flexibility index (Phi) is 13.1. The molecule has 6 aromatic carbocycles. The SMILES string of the molecule is Cc1cc(C)cc([C@@H](C)c2cc(C)cc([C@H](C)c3cc(C)cc(C)c3)c2NCCNc2c([C@H](C)c3cc(C)cc(C)c3)cc(C)cc2[C@H](C)c2cc(C)cc(C)c2)c1. The molecule has 0 bridgehead atoms. The van der Waals surface area contributed by atoms with Crippen molar-refractivity contribution in [1.82, 2.24) is 0 Å². The molecule has 302 valence electrons. The van der Waals surface area contributed by atoms with Crippen LogP contribution < -0.4 is 10.6 Å². The van der Waals surface area contributed by atoms with Gasteiger partial charge >= 0.3 is 0 Å². The summed E-state index contributed by atoms with van der Waals surface area (Å²) in [6.07, 6.45) is 0. The van der Waals surface area contributed by atoms with Crippen LogP contribution in [0.25, 0.3) is 0 Å². The first-order chi connectivity index (χ1) is 27.5. The molecule has 0 unspecified atom stereocenters. The number of aryl methyl sites for hydroxylation is 10. The van der Waals surface area contributed by atoms with E-state index < -0.39 is 0 Å². The highest BCUT2D eigenvalue weighted by molar-refractivity contribution is 5.67. The first-order valence-corrected chi connectivity index (χ1v) is 21.6. The van der Waals surface area contributed by atoms with Gasteiger partial charge in [-0.2, -0.15) is 0 Å². The highest BCUT2D eigenvalue weighted by atomic mass is 15.0. The molecule has 0 aromatic heterocycles. The average molecular weight is 769 g/mol. The van der Waals surface area contributed by atoms with Crippen molar-refractivity contribution in [1.29, 1.82) is 0 Å². The molecule has 0 aliphatic heterocycles. The maximum Gasteiger partial charge on any atom is 0.0418 e. The van der Waals surface area contributed by atoms with E-state index in [1.54, 1.807) is 0 Å². The van der Waals surface area contributed by atoms with Gasteiger partial charge in [0.2, 0.25) is 0 Å². The average Bonchev–Trinajstić information content (AvgIpc) is 3.14. The summed E-state index contributed by atoms with van der Waals surface area (Å²) < 4.78 is 0. The zero-order chi connectivity index (χ0) is 42.0. The van der Waals surface area contributed by atoms with Crippen molar-refractivity contribution >= 4 is 11.4 Å². The molecule has 0 aliphatic carbocycles. The molecule has 58 heavy (non-hydrogen) atoms. The van der Waals surface area contributed by atoms with Crippen LogP contribution in [-0.4, -0.2) is 13.1 Å². The fraction of sp³-hybridized carbons (Fsp3) is 0.357. The van der Waals surface area contributed by atoms with Gasteiger partial charge in [-0.05, 0) is 114 Å². The van der Waals surface area contributed by atoms with E-state index >= 15 is 0 Å². The topological polar surface area (TPSA) is 24.1 Å². The zero-order valence-electron chi connectivity index (χ0n) is 38.0. The molecule has 0 saturated carbocycles. The molecule has 0 saturated heterocycles. The Balaban J connectivity index is 1.41. The van der Waals surface area contributed by atoms with E-state index in [-0.39, 0.29) is 23.7 Å². The van der Waals surface area contributed by atoms with Gasteiger partial charge in [0.15, 0.2) is 0 Å². The summed E-state index contributed by atoms with van der Waals surface area (Å²) in [5, 5.41) is 8.16. The second-order valence-electron chi connectivity index (χ2n) is 18.1. The molecule has 2 heteroatoms. The van der Waals surface area contributed by atoms with Gasteiger partial charge in [-0.25, -0.2) is 0 Å². The summed E-state index contributed by atoms with van der Waals surface area (Å²) in [6.45, 7) is 33.3. The molecular formula is C56H68N2. The Hall–Kier alpha value is -5.08. The van der Waals surface area contributed by atoms with Gasteiger partial charge in [-0.3, -0.25) is 0 Å². The molecular weight excluding hydrogens is 701 g/mol. The van der Waals surface area contributed by atoms with E-state index in [2.05, 4.69) is 205 Å². The number of benzene rings is 6. The molecule has 0 heterocycles. The summed E-state index contributed by atoms with van der Waals surface area (Å²) in [5.41, 5.74) is 26.5. The summed E-state index contributed by atoms with van der Waals surface area (Å²) in [6, 6.07) is 37.7. The Bertz CT molecular complexity index is 2020. The van der Waals surface area contributed by atoms with Crippen molar-refractivity contribution in [2.75, 3.05) is 23.7 Å². The molecule has 0 radical (unpaired) electrons. The lowest BCUT2D eigenvalue weighted by Gasteiger charge is -2.28. The summed E-state index contributed by atoms with van der Waals surface area (Å²) >= 11 is 0. The van der Waals surface area contributed by atoms with Gasteiger partial charge in [0.05, 0.1) is 0 Å². The standard InChI is InChI=1S/C56H68N2/c1-33-17-34(2)22-47(21-33)43(11)51-29-41(9)30-52(44(12)48-23-35(3)18-36(4)24-48)55(51)57-15-16-58-56-53(45(13)49-25-37(5)19-38(6)26-49)31-42(10)32-54(56)46(14)50-27-39(7)20-40(8)28-50/h17-32,43-46,57-58H,15-16H2,1-14H3/t43-,44-,45-,46-/m1/s1. The van der Waals surface area contributed by atoms with Gasteiger partial charge in [0.25, 0.3) is 0 Å². The van der Waals surface area contributed by atoms with Gasteiger partial charge in [-0.15, -0.1) is 0 Å². The molecule has 2 N–H and O–H groups in total. The predicted molar refractivity (Wildman–Crippen MR) is 253 cm³/mol. The fourth-order valence-corrected chi connectivity index (χ4v) is 9.59. The number of rotatable bonds is 13. The number of hydrogen-bond acceptors (Lipinski definition) is 2. The number of hydrogen-bond donors (Lipinski definition) is 2. The van der Waals surface area contributed by atoms with Crippen LogP contribution in [0.1, 0.15) is 152 Å². The van der Waals surface area contributed by atoms with E-state index in [0.29, 0.717) is 0 Å². The van der Waals surface area contributed by atoms with Crippen molar-refractivity contribution in [3.05, 3.63) is 197 Å². The van der Waals surface area contributed by atoms with Crippen LogP contribution in [0.5, 0.6) is 0 Å². The van der Waals surface area contributed by atoms with Gasteiger partial charge < -0.3 is 10.6 Å². The smallest absolute Gasteiger partial charge is 0.0418 e. The van der Waals surface area contributed by atoms with E-state index in [9.17, 15) is 0 Å². The van der Waals surface area contributed by atoms with Crippen molar-refractivity contribution in [2.45, 2.75) is 121 Å². The number of anilines is 2. The lowest BCUT2D eigenvalue weighted by molar-refractivity contribution is 0.869. The quantitative estimate of drug-likeness (QED) is 0.114. The third kappa shape index (κ3) is 9.78. The molecule has 0 fully saturated rings. The molecule has 0 aliphatic rings. The first-order valence-electron chi connectivity index (χ1n) is 21.6. The predicted octanol–water partition coefficient (Wildman–Crippen LogP) is 14.9. The molecule has 6 aromatic rings. The summed E-state index contributed by atoms with van der Waals surface area (Å²) in [5.74, 6) is 0.914. The van der Waals surface area contributed by atoms with Crippen LogP contribution in [0, 0.1) is 69.2 Å². The van der Waals surface area contributed by atoms with Crippen LogP contribution in [0.4, 0.5) is 11.4 Å². The lowest BCUT2D eigenvalue weighted by atomic mass is 9.83. The second-order valence-corrected chi connectivity index (χ2v) is 18.1. The Labute approximate surface area is 351 Å². The minimum atomic E-state index is 0.228. The van der Waals surface area contributed by atoms with E-state index in [1.165, 1.54) is 112 Å². The Morgan fingerprint density at radius 1 is 0.276 bits per heavy atom. The summed E-state index contributed by atoms with van der Waals surface area (Å²) in [4.78, 5) is 0. The third-order valence-corrected chi connectivity index (χ3v) is 12.3. The highest BCUT2D eigenvalue weighted by Crippen LogP contribution is 2.42. The summed E-state index contributed by atoms with van der Waals surface area (Å²) in [7, 11) is 0. The van der Waals surface area contributed by atoms with Crippen LogP contribution in [0.15, 0.2) is 97.1 Å². The number of nitrogens with one attached hydrogen (secondary N) is 2. The Morgan fingerprint density at radius 2 is 0.448 bits per heavy atom.